The highest BCUT2D eigenvalue weighted by molar-refractivity contribution is 5.96. The number of carboxylic acids is 1. The molecule has 2 rings (SSSR count). The lowest BCUT2D eigenvalue weighted by Crippen LogP contribution is -2.09. The molecule has 1 heterocycles. The van der Waals surface area contributed by atoms with Crippen LogP contribution in [0, 0.1) is 6.92 Å². The van der Waals surface area contributed by atoms with Crippen LogP contribution in [0.5, 0.6) is 0 Å². The summed E-state index contributed by atoms with van der Waals surface area (Å²) in [7, 11) is 0. The summed E-state index contributed by atoms with van der Waals surface area (Å²) in [5, 5.41) is 10.4. The molecule has 4 heteroatoms. The second-order valence-corrected chi connectivity index (χ2v) is 5.21. The van der Waals surface area contributed by atoms with Gasteiger partial charge in [-0.25, -0.2) is 4.79 Å². The number of aromatic carboxylic acids is 1. The summed E-state index contributed by atoms with van der Waals surface area (Å²) >= 11 is 0. The molecule has 0 unspecified atom stereocenters. The van der Waals surface area contributed by atoms with Gasteiger partial charge >= 0.3 is 5.97 Å². The maximum absolute atomic E-state index is 11.2. The highest BCUT2D eigenvalue weighted by Gasteiger charge is 2.15. The first-order valence-corrected chi connectivity index (χ1v) is 6.52. The summed E-state index contributed by atoms with van der Waals surface area (Å²) in [6, 6.07) is 3.73. The summed E-state index contributed by atoms with van der Waals surface area (Å²) in [5.41, 5.74) is 8.98. The summed E-state index contributed by atoms with van der Waals surface area (Å²) in [6.45, 7) is 7.36. The summed E-state index contributed by atoms with van der Waals surface area (Å²) in [4.78, 5) is 11.2. The zero-order valence-corrected chi connectivity index (χ0v) is 11.6. The Balaban J connectivity index is 2.75. The van der Waals surface area contributed by atoms with Gasteiger partial charge in [0.15, 0.2) is 0 Å². The molecule has 0 bridgehead atoms. The van der Waals surface area contributed by atoms with E-state index in [2.05, 4.69) is 24.6 Å². The topological polar surface area (TPSA) is 68.2 Å². The minimum absolute atomic E-state index is 0.360. The molecule has 0 fully saturated rings. The van der Waals surface area contributed by atoms with Gasteiger partial charge < -0.3 is 15.4 Å². The van der Waals surface area contributed by atoms with Gasteiger partial charge in [0, 0.05) is 30.2 Å². The molecular weight excluding hydrogens is 240 g/mol. The first-order valence-electron chi connectivity index (χ1n) is 6.52. The van der Waals surface area contributed by atoms with E-state index in [0.717, 1.165) is 16.5 Å². The predicted molar refractivity (Wildman–Crippen MR) is 76.8 cm³/mol. The molecule has 19 heavy (non-hydrogen) atoms. The van der Waals surface area contributed by atoms with Gasteiger partial charge in [0.25, 0.3) is 0 Å². The van der Waals surface area contributed by atoms with Crippen molar-refractivity contribution in [2.75, 3.05) is 6.54 Å². The number of carboxylic acid groups (broad SMARTS) is 1. The Bertz CT molecular complexity index is 627. The Morgan fingerprint density at radius 2 is 2.11 bits per heavy atom. The monoisotopic (exact) mass is 260 g/mol. The molecule has 0 saturated carbocycles. The number of rotatable bonds is 4. The lowest BCUT2D eigenvalue weighted by Gasteiger charge is -2.06. The fourth-order valence-electron chi connectivity index (χ4n) is 2.49. The normalized spacial score (nSPS) is 11.4. The van der Waals surface area contributed by atoms with Crippen molar-refractivity contribution in [1.82, 2.24) is 4.57 Å². The van der Waals surface area contributed by atoms with Crippen molar-refractivity contribution >= 4 is 16.9 Å². The number of benzene rings is 1. The van der Waals surface area contributed by atoms with Crippen LogP contribution in [-0.2, 0) is 6.54 Å². The molecule has 1 aromatic carbocycles. The van der Waals surface area contributed by atoms with Gasteiger partial charge in [-0.15, -0.1) is 0 Å². The third-order valence-electron chi connectivity index (χ3n) is 3.48. The zero-order chi connectivity index (χ0) is 14.2. The van der Waals surface area contributed by atoms with E-state index in [4.69, 9.17) is 5.73 Å². The molecule has 0 aliphatic heterocycles. The smallest absolute Gasteiger partial charge is 0.336 e. The van der Waals surface area contributed by atoms with Crippen molar-refractivity contribution in [3.05, 3.63) is 35.0 Å². The maximum Gasteiger partial charge on any atom is 0.336 e. The number of fused-ring (bicyclic) bond motifs is 1. The summed E-state index contributed by atoms with van der Waals surface area (Å²) in [6.07, 6.45) is 2.09. The van der Waals surface area contributed by atoms with E-state index in [9.17, 15) is 9.90 Å². The van der Waals surface area contributed by atoms with Crippen molar-refractivity contribution in [3.8, 4) is 0 Å². The van der Waals surface area contributed by atoms with Gasteiger partial charge in [0.2, 0.25) is 0 Å². The number of nitrogens with zero attached hydrogens (tertiary/aromatic N) is 1. The summed E-state index contributed by atoms with van der Waals surface area (Å²) < 4.78 is 2.05. The van der Waals surface area contributed by atoms with Crippen molar-refractivity contribution in [1.29, 1.82) is 0 Å². The number of aromatic nitrogens is 1. The Labute approximate surface area is 112 Å². The van der Waals surface area contributed by atoms with Crippen LogP contribution in [0.1, 0.15) is 41.3 Å². The molecule has 0 aliphatic rings. The van der Waals surface area contributed by atoms with Crippen LogP contribution in [0.3, 0.4) is 0 Å². The molecule has 0 amide bonds. The number of hydrogen-bond donors (Lipinski definition) is 2. The number of nitrogens with two attached hydrogens (primary N) is 1. The Morgan fingerprint density at radius 1 is 1.42 bits per heavy atom. The van der Waals surface area contributed by atoms with E-state index in [0.29, 0.717) is 24.6 Å². The quantitative estimate of drug-likeness (QED) is 0.888. The van der Waals surface area contributed by atoms with Crippen LogP contribution in [0.15, 0.2) is 18.3 Å². The number of aryl methyl sites for hydroxylation is 1. The molecular formula is C15H20N2O2. The van der Waals surface area contributed by atoms with Gasteiger partial charge in [0.1, 0.15) is 0 Å². The van der Waals surface area contributed by atoms with Crippen LogP contribution >= 0.6 is 0 Å². The van der Waals surface area contributed by atoms with Crippen molar-refractivity contribution in [2.45, 2.75) is 33.2 Å². The average Bonchev–Trinajstić information content (AvgIpc) is 2.66. The fraction of sp³-hybridized carbons (Fsp3) is 0.400. The molecule has 0 atom stereocenters. The standard InChI is InChI=1S/C15H20N2O2/c1-9(2)13-8-17(5-4-16)14-7-11(15(18)19)10(3)6-12(13)14/h6-9H,4-5,16H2,1-3H3,(H,18,19). The second-order valence-electron chi connectivity index (χ2n) is 5.21. The van der Waals surface area contributed by atoms with Crippen LogP contribution < -0.4 is 5.73 Å². The largest absolute Gasteiger partial charge is 0.478 e. The highest BCUT2D eigenvalue weighted by atomic mass is 16.4. The SMILES string of the molecule is Cc1cc2c(C(C)C)cn(CCN)c2cc1C(=O)O. The van der Waals surface area contributed by atoms with E-state index >= 15 is 0 Å². The van der Waals surface area contributed by atoms with Crippen molar-refractivity contribution in [2.24, 2.45) is 5.73 Å². The zero-order valence-electron chi connectivity index (χ0n) is 11.6. The minimum atomic E-state index is -0.883. The molecule has 0 spiro atoms. The van der Waals surface area contributed by atoms with Crippen LogP contribution in [0.2, 0.25) is 0 Å². The third-order valence-corrected chi connectivity index (χ3v) is 3.48. The van der Waals surface area contributed by atoms with E-state index in [1.54, 1.807) is 6.07 Å². The first kappa shape index (κ1) is 13.6. The molecule has 0 saturated heterocycles. The van der Waals surface area contributed by atoms with Gasteiger partial charge in [-0.2, -0.15) is 0 Å². The average molecular weight is 260 g/mol. The predicted octanol–water partition coefficient (Wildman–Crippen LogP) is 2.73. The number of hydrogen-bond acceptors (Lipinski definition) is 2. The van der Waals surface area contributed by atoms with E-state index < -0.39 is 5.97 Å². The Kier molecular flexibility index (Phi) is 3.62. The molecule has 3 N–H and O–H groups in total. The van der Waals surface area contributed by atoms with E-state index in [1.807, 2.05) is 13.0 Å². The molecule has 102 valence electrons. The van der Waals surface area contributed by atoms with Crippen LogP contribution in [-0.4, -0.2) is 22.2 Å². The van der Waals surface area contributed by atoms with E-state index in [1.165, 1.54) is 5.56 Å². The lowest BCUT2D eigenvalue weighted by molar-refractivity contribution is 0.0696. The van der Waals surface area contributed by atoms with Crippen LogP contribution in [0.4, 0.5) is 0 Å². The summed E-state index contributed by atoms with van der Waals surface area (Å²) in [5.74, 6) is -0.484. The molecule has 1 aromatic heterocycles. The van der Waals surface area contributed by atoms with E-state index in [-0.39, 0.29) is 0 Å². The first-order chi connectivity index (χ1) is 8.95. The van der Waals surface area contributed by atoms with Gasteiger partial charge in [-0.3, -0.25) is 0 Å². The molecule has 4 nitrogen and oxygen atoms in total. The third kappa shape index (κ3) is 2.36. The lowest BCUT2D eigenvalue weighted by atomic mass is 9.99. The van der Waals surface area contributed by atoms with Crippen molar-refractivity contribution < 1.29 is 9.90 Å². The molecule has 0 radical (unpaired) electrons. The fourth-order valence-corrected chi connectivity index (χ4v) is 2.49. The number of carbonyl (C=O) groups is 1. The Morgan fingerprint density at radius 3 is 2.63 bits per heavy atom. The Hall–Kier alpha value is -1.81. The highest BCUT2D eigenvalue weighted by Crippen LogP contribution is 2.30. The van der Waals surface area contributed by atoms with Crippen molar-refractivity contribution in [3.63, 3.8) is 0 Å². The molecule has 2 aromatic rings. The molecule has 0 aliphatic carbocycles. The second kappa shape index (κ2) is 5.05. The van der Waals surface area contributed by atoms with Gasteiger partial charge in [-0.05, 0) is 36.1 Å². The van der Waals surface area contributed by atoms with Crippen LogP contribution in [0.25, 0.3) is 10.9 Å². The van der Waals surface area contributed by atoms with Gasteiger partial charge in [0.05, 0.1) is 5.56 Å². The maximum atomic E-state index is 11.2. The minimum Gasteiger partial charge on any atom is -0.478 e. The van der Waals surface area contributed by atoms with Gasteiger partial charge in [-0.1, -0.05) is 13.8 Å².